The quantitative estimate of drug-likeness (QED) is 0.861. The normalized spacial score (nSPS) is 26.8. The van der Waals surface area contributed by atoms with Gasteiger partial charge in [-0.1, -0.05) is 18.2 Å². The zero-order valence-electron chi connectivity index (χ0n) is 9.87. The van der Waals surface area contributed by atoms with Crippen LogP contribution in [0.15, 0.2) is 35.2 Å². The molecule has 0 unspecified atom stereocenters. The first-order valence-corrected chi connectivity index (χ1v) is 7.01. The summed E-state index contributed by atoms with van der Waals surface area (Å²) in [6, 6.07) is 7.91. The van der Waals surface area contributed by atoms with Crippen LogP contribution in [0.3, 0.4) is 0 Å². The van der Waals surface area contributed by atoms with E-state index in [1.165, 1.54) is 19.2 Å². The Morgan fingerprint density at radius 1 is 1.44 bits per heavy atom. The molecule has 1 aliphatic carbocycles. The van der Waals surface area contributed by atoms with E-state index in [0.29, 0.717) is 0 Å². The first-order chi connectivity index (χ1) is 8.45. The van der Waals surface area contributed by atoms with E-state index >= 15 is 0 Å². The van der Waals surface area contributed by atoms with Crippen molar-refractivity contribution in [3.8, 4) is 0 Å². The molecule has 0 aromatic heterocycles. The number of carboxylic acid groups (broad SMARTS) is 1. The number of ether oxygens (including phenoxy) is 1. The number of methoxy groups -OCH3 is 1. The summed E-state index contributed by atoms with van der Waals surface area (Å²) >= 11 is 0. The predicted molar refractivity (Wildman–Crippen MR) is 64.0 cm³/mol. The maximum atomic E-state index is 12.3. The van der Waals surface area contributed by atoms with E-state index in [0.717, 1.165) is 0 Å². The molecule has 1 aromatic carbocycles. The molecule has 0 spiro atoms. The van der Waals surface area contributed by atoms with Crippen LogP contribution in [0.4, 0.5) is 0 Å². The van der Waals surface area contributed by atoms with Gasteiger partial charge < -0.3 is 9.84 Å². The highest BCUT2D eigenvalue weighted by Crippen LogP contribution is 2.52. The van der Waals surface area contributed by atoms with E-state index in [4.69, 9.17) is 4.74 Å². The minimum Gasteiger partial charge on any atom is -0.481 e. The molecular weight excluding hydrogens is 256 g/mol. The molecular formula is C12H14O5S. The molecule has 18 heavy (non-hydrogen) atoms. The molecule has 0 saturated heterocycles. The summed E-state index contributed by atoms with van der Waals surface area (Å²) in [6.45, 7) is -0.0843. The van der Waals surface area contributed by atoms with Crippen LogP contribution in [-0.2, 0) is 19.4 Å². The maximum absolute atomic E-state index is 12.3. The van der Waals surface area contributed by atoms with Gasteiger partial charge >= 0.3 is 5.97 Å². The van der Waals surface area contributed by atoms with Crippen molar-refractivity contribution in [1.82, 2.24) is 0 Å². The Morgan fingerprint density at radius 3 is 2.56 bits per heavy atom. The third-order valence-corrected chi connectivity index (χ3v) is 5.58. The van der Waals surface area contributed by atoms with E-state index in [1.54, 1.807) is 18.2 Å². The smallest absolute Gasteiger partial charge is 0.313 e. The van der Waals surface area contributed by atoms with E-state index in [9.17, 15) is 18.3 Å². The lowest BCUT2D eigenvalue weighted by molar-refractivity contribution is -0.145. The first kappa shape index (κ1) is 13.0. The van der Waals surface area contributed by atoms with Gasteiger partial charge in [-0.3, -0.25) is 4.79 Å². The largest absolute Gasteiger partial charge is 0.481 e. The van der Waals surface area contributed by atoms with Crippen molar-refractivity contribution in [1.29, 1.82) is 0 Å². The fourth-order valence-electron chi connectivity index (χ4n) is 2.15. The van der Waals surface area contributed by atoms with Gasteiger partial charge in [-0.05, 0) is 18.6 Å². The number of rotatable bonds is 5. The third kappa shape index (κ3) is 1.91. The lowest BCUT2D eigenvalue weighted by Crippen LogP contribution is -2.28. The monoisotopic (exact) mass is 270 g/mol. The summed E-state index contributed by atoms with van der Waals surface area (Å²) in [7, 11) is -2.23. The van der Waals surface area contributed by atoms with Crippen molar-refractivity contribution in [3.05, 3.63) is 30.3 Å². The summed E-state index contributed by atoms with van der Waals surface area (Å²) in [5.74, 6) is -1.12. The average Bonchev–Trinajstić information content (AvgIpc) is 3.07. The highest BCUT2D eigenvalue weighted by Gasteiger charge is 2.66. The standard InChI is InChI=1S/C12H14O5S/c1-17-8-12(11(13)14)7-10(12)18(15,16)9-5-3-2-4-6-9/h2-6,10H,7-8H2,1H3,(H,13,14)/t10-,12+/m1/s1. The molecule has 5 nitrogen and oxygen atoms in total. The fraction of sp³-hybridized carbons (Fsp3) is 0.417. The molecule has 0 aliphatic heterocycles. The van der Waals surface area contributed by atoms with E-state index < -0.39 is 26.5 Å². The molecule has 0 bridgehead atoms. The molecule has 1 fully saturated rings. The molecule has 2 atom stereocenters. The predicted octanol–water partition coefficient (Wildman–Crippen LogP) is 0.950. The van der Waals surface area contributed by atoms with Crippen LogP contribution in [-0.4, -0.2) is 38.5 Å². The second-order valence-electron chi connectivity index (χ2n) is 4.45. The fourth-order valence-corrected chi connectivity index (χ4v) is 4.29. The summed E-state index contributed by atoms with van der Waals surface area (Å²) in [4.78, 5) is 11.4. The Labute approximate surface area is 105 Å². The van der Waals surface area contributed by atoms with Gasteiger partial charge in [-0.15, -0.1) is 0 Å². The Morgan fingerprint density at radius 2 is 2.06 bits per heavy atom. The zero-order valence-corrected chi connectivity index (χ0v) is 10.7. The van der Waals surface area contributed by atoms with E-state index in [2.05, 4.69) is 0 Å². The number of carboxylic acids is 1. The van der Waals surface area contributed by atoms with Gasteiger partial charge in [0.15, 0.2) is 9.84 Å². The van der Waals surface area contributed by atoms with Crippen molar-refractivity contribution in [2.24, 2.45) is 5.41 Å². The molecule has 1 saturated carbocycles. The molecule has 1 N–H and O–H groups in total. The second-order valence-corrected chi connectivity index (χ2v) is 6.58. The van der Waals surface area contributed by atoms with Crippen LogP contribution in [0.5, 0.6) is 0 Å². The van der Waals surface area contributed by atoms with Crippen molar-refractivity contribution in [2.75, 3.05) is 13.7 Å². The van der Waals surface area contributed by atoms with Gasteiger partial charge in [0.2, 0.25) is 0 Å². The lowest BCUT2D eigenvalue weighted by Gasteiger charge is -2.11. The molecule has 6 heteroatoms. The van der Waals surface area contributed by atoms with Crippen LogP contribution in [0.25, 0.3) is 0 Å². The van der Waals surface area contributed by atoms with Crippen LogP contribution in [0, 0.1) is 5.41 Å². The molecule has 0 heterocycles. The van der Waals surface area contributed by atoms with Gasteiger partial charge in [0.05, 0.1) is 16.8 Å². The molecule has 0 radical (unpaired) electrons. The van der Waals surface area contributed by atoms with Gasteiger partial charge in [-0.2, -0.15) is 0 Å². The van der Waals surface area contributed by atoms with Crippen molar-refractivity contribution >= 4 is 15.8 Å². The summed E-state index contributed by atoms with van der Waals surface area (Å²) in [5, 5.41) is 8.27. The molecule has 98 valence electrons. The zero-order chi connectivity index (χ0) is 13.4. The van der Waals surface area contributed by atoms with Crippen LogP contribution in [0.2, 0.25) is 0 Å². The number of hydrogen-bond acceptors (Lipinski definition) is 4. The van der Waals surface area contributed by atoms with Crippen LogP contribution in [0.1, 0.15) is 6.42 Å². The van der Waals surface area contributed by atoms with Gasteiger partial charge in [0, 0.05) is 7.11 Å². The number of aliphatic carboxylic acids is 1. The third-order valence-electron chi connectivity index (χ3n) is 3.28. The highest BCUT2D eigenvalue weighted by molar-refractivity contribution is 7.92. The maximum Gasteiger partial charge on any atom is 0.313 e. The SMILES string of the molecule is COC[C@@]1(C(=O)O)C[C@H]1S(=O)(=O)c1ccccc1. The topological polar surface area (TPSA) is 80.7 Å². The van der Waals surface area contributed by atoms with Crippen molar-refractivity contribution in [2.45, 2.75) is 16.6 Å². The number of benzene rings is 1. The Balaban J connectivity index is 2.33. The molecule has 2 rings (SSSR count). The molecule has 1 aromatic rings. The molecule has 0 amide bonds. The summed E-state index contributed by atoms with van der Waals surface area (Å²) < 4.78 is 29.4. The van der Waals surface area contributed by atoms with Crippen LogP contribution >= 0.6 is 0 Å². The highest BCUT2D eigenvalue weighted by atomic mass is 32.2. The van der Waals surface area contributed by atoms with Crippen molar-refractivity contribution in [3.63, 3.8) is 0 Å². The second kappa shape index (κ2) is 4.37. The Kier molecular flexibility index (Phi) is 3.16. The van der Waals surface area contributed by atoms with Gasteiger partial charge in [0.1, 0.15) is 5.41 Å². The Hall–Kier alpha value is -1.40. The summed E-state index contributed by atoms with van der Waals surface area (Å²) in [6.07, 6.45) is 0.105. The molecule has 1 aliphatic rings. The van der Waals surface area contributed by atoms with Gasteiger partial charge in [-0.25, -0.2) is 8.42 Å². The van der Waals surface area contributed by atoms with E-state index in [1.807, 2.05) is 0 Å². The first-order valence-electron chi connectivity index (χ1n) is 5.46. The van der Waals surface area contributed by atoms with E-state index in [-0.39, 0.29) is 17.9 Å². The number of sulfone groups is 1. The van der Waals surface area contributed by atoms with Crippen LogP contribution < -0.4 is 0 Å². The number of hydrogen-bond donors (Lipinski definition) is 1. The Bertz CT molecular complexity index is 551. The average molecular weight is 270 g/mol. The summed E-state index contributed by atoms with van der Waals surface area (Å²) in [5.41, 5.74) is -1.29. The number of carbonyl (C=O) groups is 1. The minimum atomic E-state index is -3.60. The van der Waals surface area contributed by atoms with Crippen molar-refractivity contribution < 1.29 is 23.1 Å². The lowest BCUT2D eigenvalue weighted by atomic mass is 10.1. The van der Waals surface area contributed by atoms with Gasteiger partial charge in [0.25, 0.3) is 0 Å². The minimum absolute atomic E-state index is 0.0843.